The highest BCUT2D eigenvalue weighted by Crippen LogP contribution is 2.40. The monoisotopic (exact) mass is 308 g/mol. The van der Waals surface area contributed by atoms with Crippen molar-refractivity contribution < 1.29 is 35.9 Å². The molecule has 1 atom stereocenters. The Morgan fingerprint density at radius 1 is 1.05 bits per heavy atom. The van der Waals surface area contributed by atoms with E-state index >= 15 is 0 Å². The molecule has 0 spiro atoms. The van der Waals surface area contributed by atoms with Crippen LogP contribution in [0.4, 0.5) is 26.3 Å². The fourth-order valence-corrected chi connectivity index (χ4v) is 1.63. The summed E-state index contributed by atoms with van der Waals surface area (Å²) >= 11 is 0. The fourth-order valence-electron chi connectivity index (χ4n) is 1.63. The molecular weight excluding hydrogens is 290 g/mol. The molecule has 120 valence electrons. The number of hydrogen-bond acceptors (Lipinski definition) is 2. The Kier molecular flexibility index (Phi) is 7.37. The Morgan fingerprint density at radius 2 is 1.55 bits per heavy atom. The number of unbranched alkanes of at least 4 members (excludes halogenated alkanes) is 1. The predicted molar refractivity (Wildman–Crippen MR) is 59.9 cm³/mol. The van der Waals surface area contributed by atoms with Crippen LogP contribution in [0.2, 0.25) is 0 Å². The van der Waals surface area contributed by atoms with Crippen LogP contribution in [0.25, 0.3) is 0 Å². The van der Waals surface area contributed by atoms with Crippen LogP contribution in [-0.2, 0) is 9.53 Å². The van der Waals surface area contributed by atoms with E-state index in [4.69, 9.17) is 0 Å². The van der Waals surface area contributed by atoms with Gasteiger partial charge in [0.2, 0.25) is 5.92 Å². The summed E-state index contributed by atoms with van der Waals surface area (Å²) in [5.41, 5.74) is 0. The first-order valence-corrected chi connectivity index (χ1v) is 6.34. The fraction of sp³-hybridized carbons (Fsp3) is 0.917. The van der Waals surface area contributed by atoms with Crippen molar-refractivity contribution in [2.75, 3.05) is 6.61 Å². The number of carbonyl (C=O) groups is 1. The Bertz CT molecular complexity index is 283. The number of esters is 1. The first-order chi connectivity index (χ1) is 9.04. The zero-order chi connectivity index (χ0) is 16.0. The minimum Gasteiger partial charge on any atom is -0.465 e. The van der Waals surface area contributed by atoms with Gasteiger partial charge in [0.15, 0.2) is 0 Å². The second-order valence-corrected chi connectivity index (χ2v) is 4.56. The summed E-state index contributed by atoms with van der Waals surface area (Å²) < 4.78 is 77.8. The lowest BCUT2D eigenvalue weighted by Gasteiger charge is -2.22. The van der Waals surface area contributed by atoms with Gasteiger partial charge in [0.25, 0.3) is 0 Å². The maximum absolute atomic E-state index is 12.3. The molecule has 0 aliphatic rings. The minimum absolute atomic E-state index is 0.221. The molecular formula is C12H18F6O2. The van der Waals surface area contributed by atoms with Crippen molar-refractivity contribution in [2.24, 2.45) is 11.8 Å². The zero-order valence-electron chi connectivity index (χ0n) is 11.3. The summed E-state index contributed by atoms with van der Waals surface area (Å²) in [7, 11) is 0. The lowest BCUT2D eigenvalue weighted by molar-refractivity contribution is -0.282. The molecule has 0 saturated heterocycles. The third-order valence-electron chi connectivity index (χ3n) is 2.89. The van der Waals surface area contributed by atoms with Crippen LogP contribution < -0.4 is 0 Å². The summed E-state index contributed by atoms with van der Waals surface area (Å²) in [5, 5.41) is 0. The van der Waals surface area contributed by atoms with Crippen LogP contribution in [0.15, 0.2) is 0 Å². The lowest BCUT2D eigenvalue weighted by Crippen LogP contribution is -2.43. The minimum atomic E-state index is -5.69. The molecule has 0 heterocycles. The van der Waals surface area contributed by atoms with Crippen LogP contribution in [0.5, 0.6) is 0 Å². The van der Waals surface area contributed by atoms with Gasteiger partial charge < -0.3 is 4.74 Å². The van der Waals surface area contributed by atoms with Crippen molar-refractivity contribution in [1.82, 2.24) is 0 Å². The molecule has 0 amide bonds. The Balaban J connectivity index is 4.63. The van der Waals surface area contributed by atoms with E-state index < -0.39 is 30.8 Å². The predicted octanol–water partition coefficient (Wildman–Crippen LogP) is 4.49. The second-order valence-electron chi connectivity index (χ2n) is 4.56. The molecule has 0 aromatic carbocycles. The third kappa shape index (κ3) is 6.47. The highest BCUT2D eigenvalue weighted by molar-refractivity contribution is 5.74. The van der Waals surface area contributed by atoms with Gasteiger partial charge in [-0.05, 0) is 12.3 Å². The average Bonchev–Trinajstić information content (AvgIpc) is 2.25. The molecule has 0 unspecified atom stereocenters. The number of alkyl halides is 6. The highest BCUT2D eigenvalue weighted by Gasteiger charge is 2.62. The number of ether oxygens (including phenoxy) is 1. The van der Waals surface area contributed by atoms with E-state index in [0.29, 0.717) is 12.8 Å². The standard InChI is InChI=1S/C12H18F6O2/c1-3-5-6-8(4-2)7-20-10(19)9(11(13,14)15)12(16,17)18/h8-9H,3-7H2,1-2H3/t8-/m1/s1. The lowest BCUT2D eigenvalue weighted by atomic mass is 10.0. The second kappa shape index (κ2) is 7.73. The molecule has 0 fully saturated rings. The molecule has 0 bridgehead atoms. The van der Waals surface area contributed by atoms with Gasteiger partial charge in [-0.25, -0.2) is 0 Å². The van der Waals surface area contributed by atoms with E-state index in [1.165, 1.54) is 0 Å². The quantitative estimate of drug-likeness (QED) is 0.512. The van der Waals surface area contributed by atoms with Crippen LogP contribution in [0.3, 0.4) is 0 Å². The SMILES string of the molecule is CCCC[C@@H](CC)COC(=O)C(C(F)(F)F)C(F)(F)F. The van der Waals surface area contributed by atoms with E-state index in [1.54, 1.807) is 6.92 Å². The Hall–Kier alpha value is -0.950. The molecule has 0 aliphatic heterocycles. The normalized spacial score (nSPS) is 14.4. The molecule has 0 N–H and O–H groups in total. The molecule has 0 aromatic heterocycles. The van der Waals surface area contributed by atoms with Crippen molar-refractivity contribution in [2.45, 2.75) is 51.9 Å². The number of rotatable bonds is 7. The van der Waals surface area contributed by atoms with Gasteiger partial charge in [-0.3, -0.25) is 4.79 Å². The Labute approximate surface area is 113 Å². The van der Waals surface area contributed by atoms with Crippen molar-refractivity contribution in [3.05, 3.63) is 0 Å². The molecule has 0 saturated carbocycles. The van der Waals surface area contributed by atoms with E-state index in [0.717, 1.165) is 12.8 Å². The summed E-state index contributed by atoms with van der Waals surface area (Å²) in [5.74, 6) is -6.57. The van der Waals surface area contributed by atoms with Gasteiger partial charge in [-0.1, -0.05) is 33.1 Å². The molecule has 0 radical (unpaired) electrons. The molecule has 0 rings (SSSR count). The smallest absolute Gasteiger partial charge is 0.411 e. The summed E-state index contributed by atoms with van der Waals surface area (Å²) in [6, 6.07) is 0. The van der Waals surface area contributed by atoms with E-state index in [9.17, 15) is 31.1 Å². The van der Waals surface area contributed by atoms with Crippen molar-refractivity contribution in [3.63, 3.8) is 0 Å². The number of hydrogen-bond donors (Lipinski definition) is 0. The summed E-state index contributed by atoms with van der Waals surface area (Å²) in [6.07, 6.45) is -8.64. The largest absolute Gasteiger partial charge is 0.465 e. The molecule has 0 aliphatic carbocycles. The van der Waals surface area contributed by atoms with Gasteiger partial charge >= 0.3 is 18.3 Å². The topological polar surface area (TPSA) is 26.3 Å². The highest BCUT2D eigenvalue weighted by atomic mass is 19.4. The first kappa shape index (κ1) is 19.1. The van der Waals surface area contributed by atoms with Crippen LogP contribution >= 0.6 is 0 Å². The van der Waals surface area contributed by atoms with Gasteiger partial charge in [-0.15, -0.1) is 0 Å². The molecule has 8 heteroatoms. The van der Waals surface area contributed by atoms with Gasteiger partial charge in [0, 0.05) is 0 Å². The van der Waals surface area contributed by atoms with Gasteiger partial charge in [0.1, 0.15) is 0 Å². The number of halogens is 6. The third-order valence-corrected chi connectivity index (χ3v) is 2.89. The van der Waals surface area contributed by atoms with Crippen molar-refractivity contribution in [1.29, 1.82) is 0 Å². The van der Waals surface area contributed by atoms with E-state index in [2.05, 4.69) is 4.74 Å². The van der Waals surface area contributed by atoms with Crippen molar-refractivity contribution in [3.8, 4) is 0 Å². The molecule has 20 heavy (non-hydrogen) atoms. The van der Waals surface area contributed by atoms with E-state index in [-0.39, 0.29) is 5.92 Å². The maximum atomic E-state index is 12.3. The molecule has 0 aromatic rings. The van der Waals surface area contributed by atoms with Gasteiger partial charge in [-0.2, -0.15) is 26.3 Å². The van der Waals surface area contributed by atoms with E-state index in [1.807, 2.05) is 6.92 Å². The summed E-state index contributed by atoms with van der Waals surface area (Å²) in [6.45, 7) is 3.22. The number of carbonyl (C=O) groups excluding carboxylic acids is 1. The zero-order valence-corrected chi connectivity index (χ0v) is 11.3. The van der Waals surface area contributed by atoms with Crippen LogP contribution in [-0.4, -0.2) is 24.9 Å². The van der Waals surface area contributed by atoms with Crippen molar-refractivity contribution >= 4 is 5.97 Å². The van der Waals surface area contributed by atoms with Crippen LogP contribution in [0.1, 0.15) is 39.5 Å². The maximum Gasteiger partial charge on any atom is 0.411 e. The van der Waals surface area contributed by atoms with Gasteiger partial charge in [0.05, 0.1) is 6.61 Å². The first-order valence-electron chi connectivity index (χ1n) is 6.34. The van der Waals surface area contributed by atoms with Crippen LogP contribution in [0, 0.1) is 11.8 Å². The summed E-state index contributed by atoms with van der Waals surface area (Å²) in [4.78, 5) is 11.1. The average molecular weight is 308 g/mol. The Morgan fingerprint density at radius 3 is 1.90 bits per heavy atom. The molecule has 2 nitrogen and oxygen atoms in total.